The highest BCUT2D eigenvalue weighted by atomic mass is 14.2. The number of aryl methyl sites for hydroxylation is 2. The van der Waals surface area contributed by atoms with Crippen molar-refractivity contribution in [3.8, 4) is 12.3 Å². The Morgan fingerprint density at radius 2 is 1.83 bits per heavy atom. The maximum atomic E-state index is 5.43. The molecule has 0 unspecified atom stereocenters. The minimum absolute atomic E-state index is 1.02. The van der Waals surface area contributed by atoms with Crippen LogP contribution in [0.4, 0.5) is 0 Å². The summed E-state index contributed by atoms with van der Waals surface area (Å²) in [7, 11) is 0. The molecule has 2 rings (SSSR count). The summed E-state index contributed by atoms with van der Waals surface area (Å²) < 4.78 is 0. The molecular weight excluding hydrogens is 276 g/mol. The van der Waals surface area contributed by atoms with E-state index in [1.165, 1.54) is 39.0 Å². The topological polar surface area (TPSA) is 0 Å². The van der Waals surface area contributed by atoms with E-state index >= 15 is 0 Å². The fraction of sp³-hybridized carbons (Fsp3) is 0.217. The monoisotopic (exact) mass is 300 g/mol. The van der Waals surface area contributed by atoms with Gasteiger partial charge < -0.3 is 0 Å². The molecule has 0 atom stereocenters. The second-order valence-corrected chi connectivity index (χ2v) is 5.68. The summed E-state index contributed by atoms with van der Waals surface area (Å²) in [6.45, 7) is 8.60. The van der Waals surface area contributed by atoms with Crippen LogP contribution in [0.25, 0.3) is 11.6 Å². The quantitative estimate of drug-likeness (QED) is 0.611. The van der Waals surface area contributed by atoms with Gasteiger partial charge in [0.2, 0.25) is 0 Å². The first kappa shape index (κ1) is 16.8. The SMILES string of the molecule is C#C/C=C\c1c(/C(=C/C)c2ccccc2CC)ccc(C)c1C. The first-order valence-electron chi connectivity index (χ1n) is 8.11. The number of hydrogen-bond acceptors (Lipinski definition) is 0. The Morgan fingerprint density at radius 3 is 2.48 bits per heavy atom. The molecule has 0 aromatic heterocycles. The third-order valence-corrected chi connectivity index (χ3v) is 4.40. The highest BCUT2D eigenvalue weighted by Crippen LogP contribution is 2.32. The molecule has 2 aromatic carbocycles. The number of rotatable bonds is 4. The minimum Gasteiger partial charge on any atom is -0.115 e. The van der Waals surface area contributed by atoms with Gasteiger partial charge in [-0.1, -0.05) is 55.3 Å². The van der Waals surface area contributed by atoms with Gasteiger partial charge in [0.15, 0.2) is 0 Å². The standard InChI is InChI=1S/C23H24/c1-6-9-13-21-18(5)17(4)15-16-23(21)20(8-3)22-14-11-10-12-19(22)7-2/h1,8-16H,7H2,2-5H3/b13-9-,20-8+. The minimum atomic E-state index is 1.02. The molecule has 23 heavy (non-hydrogen) atoms. The molecule has 116 valence electrons. The zero-order chi connectivity index (χ0) is 16.8. The Kier molecular flexibility index (Phi) is 5.61. The fourth-order valence-corrected chi connectivity index (χ4v) is 2.97. The summed E-state index contributed by atoms with van der Waals surface area (Å²) in [5.41, 5.74) is 8.95. The van der Waals surface area contributed by atoms with E-state index in [0.717, 1.165) is 6.42 Å². The molecule has 0 saturated heterocycles. The molecule has 0 aliphatic carbocycles. The molecule has 0 bridgehead atoms. The molecule has 0 heterocycles. The van der Waals surface area contributed by atoms with E-state index in [9.17, 15) is 0 Å². The van der Waals surface area contributed by atoms with E-state index in [1.807, 2.05) is 0 Å². The predicted molar refractivity (Wildman–Crippen MR) is 102 cm³/mol. The van der Waals surface area contributed by atoms with Gasteiger partial charge in [-0.15, -0.1) is 6.42 Å². The summed E-state index contributed by atoms with van der Waals surface area (Å²) in [4.78, 5) is 0. The Morgan fingerprint density at radius 1 is 1.09 bits per heavy atom. The molecule has 0 heteroatoms. The summed E-state index contributed by atoms with van der Waals surface area (Å²) in [6, 6.07) is 13.0. The molecule has 0 radical (unpaired) electrons. The lowest BCUT2D eigenvalue weighted by Crippen LogP contribution is -1.99. The highest BCUT2D eigenvalue weighted by Gasteiger charge is 2.13. The van der Waals surface area contributed by atoms with Gasteiger partial charge in [0.05, 0.1) is 0 Å². The van der Waals surface area contributed by atoms with Gasteiger partial charge in [-0.25, -0.2) is 0 Å². The molecule has 0 fully saturated rings. The average molecular weight is 300 g/mol. The van der Waals surface area contributed by atoms with Crippen LogP contribution in [0.5, 0.6) is 0 Å². The Bertz CT molecular complexity index is 795. The maximum absolute atomic E-state index is 5.43. The van der Waals surface area contributed by atoms with Gasteiger partial charge in [0.1, 0.15) is 0 Å². The van der Waals surface area contributed by atoms with Crippen LogP contribution in [0.2, 0.25) is 0 Å². The molecule has 0 saturated carbocycles. The smallest absolute Gasteiger partial charge is 0.0106 e. The lowest BCUT2D eigenvalue weighted by atomic mass is 9.87. The van der Waals surface area contributed by atoms with Gasteiger partial charge in [-0.2, -0.15) is 0 Å². The predicted octanol–water partition coefficient (Wildman–Crippen LogP) is 5.96. The van der Waals surface area contributed by atoms with Crippen molar-refractivity contribution in [2.24, 2.45) is 0 Å². The van der Waals surface area contributed by atoms with Crippen molar-refractivity contribution in [2.45, 2.75) is 34.1 Å². The first-order valence-corrected chi connectivity index (χ1v) is 8.11. The van der Waals surface area contributed by atoms with E-state index in [2.05, 4.69) is 82.2 Å². The number of benzene rings is 2. The zero-order valence-electron chi connectivity index (χ0n) is 14.5. The highest BCUT2D eigenvalue weighted by molar-refractivity contribution is 5.86. The van der Waals surface area contributed by atoms with Crippen molar-refractivity contribution in [1.82, 2.24) is 0 Å². The third kappa shape index (κ3) is 3.46. The fourth-order valence-electron chi connectivity index (χ4n) is 2.97. The molecule has 0 amide bonds. The lowest BCUT2D eigenvalue weighted by molar-refractivity contribution is 1.13. The van der Waals surface area contributed by atoms with Crippen molar-refractivity contribution in [1.29, 1.82) is 0 Å². The van der Waals surface area contributed by atoms with Crippen LogP contribution in [0, 0.1) is 26.2 Å². The van der Waals surface area contributed by atoms with Gasteiger partial charge in [-0.05, 0) is 78.3 Å². The van der Waals surface area contributed by atoms with Crippen LogP contribution in [0.1, 0.15) is 47.2 Å². The average Bonchev–Trinajstić information content (AvgIpc) is 2.58. The van der Waals surface area contributed by atoms with Crippen LogP contribution in [0.15, 0.2) is 48.6 Å². The van der Waals surface area contributed by atoms with Crippen LogP contribution < -0.4 is 0 Å². The molecule has 0 N–H and O–H groups in total. The zero-order valence-corrected chi connectivity index (χ0v) is 14.5. The molecule has 0 aliphatic heterocycles. The van der Waals surface area contributed by atoms with Crippen LogP contribution >= 0.6 is 0 Å². The Hall–Kier alpha value is -2.52. The first-order chi connectivity index (χ1) is 11.1. The van der Waals surface area contributed by atoms with Crippen molar-refractivity contribution < 1.29 is 0 Å². The second kappa shape index (κ2) is 7.65. The Labute approximate surface area is 140 Å². The van der Waals surface area contributed by atoms with E-state index in [-0.39, 0.29) is 0 Å². The lowest BCUT2D eigenvalue weighted by Gasteiger charge is -2.17. The van der Waals surface area contributed by atoms with Crippen molar-refractivity contribution in [2.75, 3.05) is 0 Å². The third-order valence-electron chi connectivity index (χ3n) is 4.40. The largest absolute Gasteiger partial charge is 0.115 e. The van der Waals surface area contributed by atoms with Gasteiger partial charge >= 0.3 is 0 Å². The van der Waals surface area contributed by atoms with E-state index < -0.39 is 0 Å². The molecule has 0 nitrogen and oxygen atoms in total. The van der Waals surface area contributed by atoms with E-state index in [0.29, 0.717) is 0 Å². The number of allylic oxidation sites excluding steroid dienone is 2. The Balaban J connectivity index is 2.71. The van der Waals surface area contributed by atoms with Gasteiger partial charge in [0, 0.05) is 0 Å². The van der Waals surface area contributed by atoms with Gasteiger partial charge in [0.25, 0.3) is 0 Å². The van der Waals surface area contributed by atoms with Crippen LogP contribution in [-0.2, 0) is 6.42 Å². The molecule has 2 aromatic rings. The van der Waals surface area contributed by atoms with E-state index in [1.54, 1.807) is 6.08 Å². The summed E-state index contributed by atoms with van der Waals surface area (Å²) >= 11 is 0. The van der Waals surface area contributed by atoms with Crippen molar-refractivity contribution >= 4 is 11.6 Å². The molecular formula is C23H24. The van der Waals surface area contributed by atoms with Crippen molar-refractivity contribution in [3.63, 3.8) is 0 Å². The van der Waals surface area contributed by atoms with E-state index in [4.69, 9.17) is 6.42 Å². The molecule has 0 spiro atoms. The van der Waals surface area contributed by atoms with Gasteiger partial charge in [-0.3, -0.25) is 0 Å². The maximum Gasteiger partial charge on any atom is -0.0106 e. The van der Waals surface area contributed by atoms with Crippen molar-refractivity contribution in [3.05, 3.63) is 81.9 Å². The molecule has 0 aliphatic rings. The summed E-state index contributed by atoms with van der Waals surface area (Å²) in [5.74, 6) is 2.61. The number of hydrogen-bond donors (Lipinski definition) is 0. The summed E-state index contributed by atoms with van der Waals surface area (Å²) in [6.07, 6.45) is 12.5. The normalized spacial score (nSPS) is 11.7. The summed E-state index contributed by atoms with van der Waals surface area (Å²) in [5, 5.41) is 0. The van der Waals surface area contributed by atoms with Crippen LogP contribution in [0.3, 0.4) is 0 Å². The number of terminal acetylenes is 1. The van der Waals surface area contributed by atoms with Crippen LogP contribution in [-0.4, -0.2) is 0 Å². The second-order valence-electron chi connectivity index (χ2n) is 5.68.